The van der Waals surface area contributed by atoms with Crippen molar-refractivity contribution in [2.45, 2.75) is 32.8 Å². The van der Waals surface area contributed by atoms with Crippen molar-refractivity contribution in [2.75, 3.05) is 61.6 Å². The summed E-state index contributed by atoms with van der Waals surface area (Å²) in [4.78, 5) is 28.5. The van der Waals surface area contributed by atoms with Gasteiger partial charge in [-0.25, -0.2) is 9.78 Å². The Morgan fingerprint density at radius 3 is 2.87 bits per heavy atom. The topological polar surface area (TPSA) is 111 Å². The average molecular weight is 449 g/mol. The van der Waals surface area contributed by atoms with Crippen LogP contribution in [0.2, 0.25) is 0 Å². The lowest BCUT2D eigenvalue weighted by Gasteiger charge is -2.28. The quantitative estimate of drug-likeness (QED) is 0.585. The van der Waals surface area contributed by atoms with E-state index in [0.717, 1.165) is 38.4 Å². The van der Waals surface area contributed by atoms with Gasteiger partial charge in [-0.05, 0) is 26.7 Å². The first-order valence-electron chi connectivity index (χ1n) is 10.6. The third kappa shape index (κ3) is 5.60. The molecule has 2 aliphatic rings. The number of hydrogen-bond donors (Lipinski definition) is 2. The van der Waals surface area contributed by atoms with E-state index in [2.05, 4.69) is 30.5 Å². The summed E-state index contributed by atoms with van der Waals surface area (Å²) in [5.74, 6) is 1.58. The number of esters is 1. The van der Waals surface area contributed by atoms with Gasteiger partial charge in [-0.1, -0.05) is 11.3 Å². The van der Waals surface area contributed by atoms with E-state index in [4.69, 9.17) is 14.2 Å². The van der Waals surface area contributed by atoms with Crippen molar-refractivity contribution in [1.82, 2.24) is 15.0 Å². The molecule has 2 fully saturated rings. The number of morpholine rings is 1. The second-order valence-corrected chi connectivity index (χ2v) is 8.33. The Kier molecular flexibility index (Phi) is 7.15. The molecular weight excluding hydrogens is 420 g/mol. The molecule has 0 aliphatic carbocycles. The lowest BCUT2D eigenvalue weighted by Crippen LogP contribution is -2.37. The van der Waals surface area contributed by atoms with Crippen LogP contribution in [0.1, 0.15) is 35.1 Å². The fourth-order valence-corrected chi connectivity index (χ4v) is 4.34. The number of hydrogen-bond acceptors (Lipinski definition) is 11. The number of carbonyl (C=O) groups excluding carboxylic acids is 1. The Hall–Kier alpha value is -2.50. The molecule has 2 aromatic rings. The van der Waals surface area contributed by atoms with Gasteiger partial charge >= 0.3 is 5.97 Å². The van der Waals surface area contributed by atoms with Crippen molar-refractivity contribution >= 4 is 40.0 Å². The number of aryl methyl sites for hydroxylation is 1. The van der Waals surface area contributed by atoms with Crippen molar-refractivity contribution in [3.8, 4) is 0 Å². The van der Waals surface area contributed by atoms with Crippen LogP contribution in [0, 0.1) is 6.92 Å². The molecule has 0 aromatic carbocycles. The summed E-state index contributed by atoms with van der Waals surface area (Å²) >= 11 is 1.23. The van der Waals surface area contributed by atoms with Gasteiger partial charge in [-0.15, -0.1) is 0 Å². The molecule has 2 saturated heterocycles. The number of anilines is 4. The molecule has 31 heavy (non-hydrogen) atoms. The van der Waals surface area contributed by atoms with Crippen molar-refractivity contribution < 1.29 is 19.0 Å². The summed E-state index contributed by atoms with van der Waals surface area (Å²) < 4.78 is 16.3. The number of carbonyl (C=O) groups is 1. The summed E-state index contributed by atoms with van der Waals surface area (Å²) in [6.45, 7) is 8.27. The normalized spacial score (nSPS) is 18.8. The minimum atomic E-state index is -0.368. The van der Waals surface area contributed by atoms with Gasteiger partial charge in [0, 0.05) is 32.3 Å². The van der Waals surface area contributed by atoms with Crippen molar-refractivity contribution in [3.63, 3.8) is 0 Å². The first-order chi connectivity index (χ1) is 15.1. The van der Waals surface area contributed by atoms with Crippen LogP contribution in [-0.2, 0) is 14.2 Å². The van der Waals surface area contributed by atoms with Crippen LogP contribution in [0.15, 0.2) is 6.07 Å². The number of thiazole rings is 1. The van der Waals surface area contributed by atoms with Crippen LogP contribution >= 0.6 is 11.3 Å². The molecule has 0 bridgehead atoms. The fraction of sp³-hybridized carbons (Fsp3) is 0.600. The summed E-state index contributed by atoms with van der Waals surface area (Å²) in [6, 6.07) is 1.95. The maximum Gasteiger partial charge on any atom is 0.350 e. The first-order valence-corrected chi connectivity index (χ1v) is 11.4. The highest BCUT2D eigenvalue weighted by Gasteiger charge is 2.20. The van der Waals surface area contributed by atoms with E-state index < -0.39 is 0 Å². The Bertz CT molecular complexity index is 896. The Morgan fingerprint density at radius 1 is 1.29 bits per heavy atom. The summed E-state index contributed by atoms with van der Waals surface area (Å²) in [7, 11) is 0. The molecule has 2 N–H and O–H groups in total. The van der Waals surface area contributed by atoms with E-state index >= 15 is 0 Å². The van der Waals surface area contributed by atoms with E-state index in [1.807, 2.05) is 6.07 Å². The molecule has 0 amide bonds. The Labute approximate surface area is 185 Å². The molecule has 4 heterocycles. The van der Waals surface area contributed by atoms with Crippen LogP contribution in [0.25, 0.3) is 0 Å². The van der Waals surface area contributed by atoms with Gasteiger partial charge in [0.25, 0.3) is 0 Å². The molecule has 2 aliphatic heterocycles. The molecule has 11 heteroatoms. The number of ether oxygens (including phenoxy) is 3. The third-order valence-corrected chi connectivity index (χ3v) is 6.11. The van der Waals surface area contributed by atoms with Gasteiger partial charge < -0.3 is 24.4 Å². The zero-order valence-electron chi connectivity index (χ0n) is 17.8. The van der Waals surface area contributed by atoms with Gasteiger partial charge in [0.05, 0.1) is 31.6 Å². The largest absolute Gasteiger partial charge is 0.462 e. The third-order valence-electron chi connectivity index (χ3n) is 5.06. The Morgan fingerprint density at radius 2 is 2.13 bits per heavy atom. The zero-order chi connectivity index (χ0) is 21.6. The predicted octanol–water partition coefficient (Wildman–Crippen LogP) is 2.59. The Balaban J connectivity index is 1.54. The van der Waals surface area contributed by atoms with E-state index in [1.165, 1.54) is 11.3 Å². The van der Waals surface area contributed by atoms with Gasteiger partial charge in [-0.3, -0.25) is 5.32 Å². The SMILES string of the molecule is CCOC(=O)c1sc(Nc2nc(NCC3CCCO3)cc(N3CCOCC3)n2)nc1C. The fourth-order valence-electron chi connectivity index (χ4n) is 3.49. The second-order valence-electron chi connectivity index (χ2n) is 7.33. The van der Waals surface area contributed by atoms with Crippen LogP contribution in [0.5, 0.6) is 0 Å². The lowest BCUT2D eigenvalue weighted by molar-refractivity contribution is 0.0531. The number of rotatable bonds is 8. The highest BCUT2D eigenvalue weighted by atomic mass is 32.1. The van der Waals surface area contributed by atoms with Gasteiger partial charge in [0.2, 0.25) is 5.95 Å². The summed E-state index contributed by atoms with van der Waals surface area (Å²) in [5.41, 5.74) is 0.618. The highest BCUT2D eigenvalue weighted by molar-refractivity contribution is 7.17. The second kappa shape index (κ2) is 10.2. The monoisotopic (exact) mass is 448 g/mol. The maximum atomic E-state index is 12.1. The molecular formula is C20H28N6O4S. The number of nitrogens with zero attached hydrogens (tertiary/aromatic N) is 4. The molecule has 10 nitrogen and oxygen atoms in total. The van der Waals surface area contributed by atoms with E-state index in [9.17, 15) is 4.79 Å². The molecule has 168 valence electrons. The van der Waals surface area contributed by atoms with Crippen molar-refractivity contribution in [1.29, 1.82) is 0 Å². The van der Waals surface area contributed by atoms with Crippen molar-refractivity contribution in [3.05, 3.63) is 16.6 Å². The van der Waals surface area contributed by atoms with Gasteiger partial charge in [0.1, 0.15) is 16.5 Å². The molecule has 0 saturated carbocycles. The van der Waals surface area contributed by atoms with Crippen LogP contribution in [-0.4, -0.2) is 73.1 Å². The summed E-state index contributed by atoms with van der Waals surface area (Å²) in [5, 5.41) is 7.08. The molecule has 4 rings (SSSR count). The van der Waals surface area contributed by atoms with Gasteiger partial charge in [0.15, 0.2) is 5.13 Å². The molecule has 1 unspecified atom stereocenters. The summed E-state index contributed by atoms with van der Waals surface area (Å²) in [6.07, 6.45) is 2.34. The van der Waals surface area contributed by atoms with E-state index in [1.54, 1.807) is 13.8 Å². The maximum absolute atomic E-state index is 12.1. The average Bonchev–Trinajstić information content (AvgIpc) is 3.42. The predicted molar refractivity (Wildman–Crippen MR) is 119 cm³/mol. The molecule has 1 atom stereocenters. The smallest absolute Gasteiger partial charge is 0.350 e. The molecule has 0 radical (unpaired) electrons. The van der Waals surface area contributed by atoms with Crippen LogP contribution in [0.4, 0.5) is 22.7 Å². The van der Waals surface area contributed by atoms with E-state index in [-0.39, 0.29) is 12.1 Å². The standard InChI is InChI=1S/C20H28N6O4S/c1-3-29-18(27)17-13(2)22-20(31-17)25-19-23-15(21-12-14-5-4-8-30-14)11-16(24-19)26-6-9-28-10-7-26/h11,14H,3-10,12H2,1-2H3,(H2,21,22,23,24,25). The van der Waals surface area contributed by atoms with Gasteiger partial charge in [-0.2, -0.15) is 9.97 Å². The first kappa shape index (κ1) is 21.7. The number of aromatic nitrogens is 3. The van der Waals surface area contributed by atoms with E-state index in [0.29, 0.717) is 53.8 Å². The van der Waals surface area contributed by atoms with Crippen LogP contribution in [0.3, 0.4) is 0 Å². The minimum Gasteiger partial charge on any atom is -0.462 e. The number of nitrogens with one attached hydrogen (secondary N) is 2. The van der Waals surface area contributed by atoms with Crippen LogP contribution < -0.4 is 15.5 Å². The van der Waals surface area contributed by atoms with Crippen molar-refractivity contribution in [2.24, 2.45) is 0 Å². The minimum absolute atomic E-state index is 0.201. The zero-order valence-corrected chi connectivity index (χ0v) is 18.7. The lowest BCUT2D eigenvalue weighted by atomic mass is 10.2. The molecule has 0 spiro atoms. The molecule has 2 aromatic heterocycles. The highest BCUT2D eigenvalue weighted by Crippen LogP contribution is 2.27.